The highest BCUT2D eigenvalue weighted by molar-refractivity contribution is 5.85. The Morgan fingerprint density at radius 2 is 1.80 bits per heavy atom. The Balaban J connectivity index is 0.00000112. The molecule has 0 aliphatic carbocycles. The van der Waals surface area contributed by atoms with E-state index in [4.69, 9.17) is 4.74 Å². The summed E-state index contributed by atoms with van der Waals surface area (Å²) in [6.45, 7) is 2.95. The highest BCUT2D eigenvalue weighted by Crippen LogP contribution is 2.10. The van der Waals surface area contributed by atoms with Gasteiger partial charge >= 0.3 is 0 Å². The molecule has 2 nitrogen and oxygen atoms in total. The lowest BCUT2D eigenvalue weighted by atomic mass is 10.1. The largest absolute Gasteiger partial charge is 0.373 e. The van der Waals surface area contributed by atoms with Gasteiger partial charge in [0.05, 0.1) is 12.7 Å². The molecule has 1 aliphatic rings. The van der Waals surface area contributed by atoms with E-state index in [1.54, 1.807) is 0 Å². The highest BCUT2D eigenvalue weighted by Gasteiger charge is 2.12. The monoisotopic (exact) mass is 227 g/mol. The van der Waals surface area contributed by atoms with Crippen molar-refractivity contribution in [1.29, 1.82) is 0 Å². The van der Waals surface area contributed by atoms with Crippen LogP contribution in [-0.2, 0) is 11.3 Å². The minimum absolute atomic E-state index is 0. The minimum atomic E-state index is 0. The molecule has 15 heavy (non-hydrogen) atoms. The molecule has 0 unspecified atom stereocenters. The first kappa shape index (κ1) is 12.5. The molecule has 0 aromatic heterocycles. The van der Waals surface area contributed by atoms with Crippen molar-refractivity contribution in [2.45, 2.75) is 25.6 Å². The number of piperidine rings is 1. The van der Waals surface area contributed by atoms with Crippen LogP contribution in [0.15, 0.2) is 30.3 Å². The molecule has 1 aromatic carbocycles. The molecule has 2 rings (SSSR count). The summed E-state index contributed by atoms with van der Waals surface area (Å²) in [5.41, 5.74) is 1.27. The van der Waals surface area contributed by atoms with Gasteiger partial charge in [-0.2, -0.15) is 0 Å². The Bertz CT molecular complexity index is 260. The summed E-state index contributed by atoms with van der Waals surface area (Å²) in [5, 5.41) is 3.33. The zero-order valence-electron chi connectivity index (χ0n) is 8.82. The van der Waals surface area contributed by atoms with Crippen LogP contribution >= 0.6 is 12.4 Å². The average molecular weight is 228 g/mol. The van der Waals surface area contributed by atoms with Crippen molar-refractivity contribution in [3.8, 4) is 0 Å². The van der Waals surface area contributed by atoms with E-state index in [1.165, 1.54) is 5.56 Å². The second-order valence-corrected chi connectivity index (χ2v) is 3.75. The summed E-state index contributed by atoms with van der Waals surface area (Å²) in [4.78, 5) is 0. The summed E-state index contributed by atoms with van der Waals surface area (Å²) in [5.74, 6) is 0. The van der Waals surface area contributed by atoms with Gasteiger partial charge in [-0.05, 0) is 31.5 Å². The van der Waals surface area contributed by atoms with E-state index >= 15 is 0 Å². The maximum Gasteiger partial charge on any atom is 0.0720 e. The summed E-state index contributed by atoms with van der Waals surface area (Å²) in [6.07, 6.45) is 2.75. The third-order valence-electron chi connectivity index (χ3n) is 2.61. The molecule has 1 fully saturated rings. The summed E-state index contributed by atoms with van der Waals surface area (Å²) in [7, 11) is 0. The first-order chi connectivity index (χ1) is 6.95. The second-order valence-electron chi connectivity index (χ2n) is 3.75. The van der Waals surface area contributed by atoms with E-state index < -0.39 is 0 Å². The summed E-state index contributed by atoms with van der Waals surface area (Å²) in [6, 6.07) is 10.4. The van der Waals surface area contributed by atoms with Crippen molar-refractivity contribution < 1.29 is 4.74 Å². The van der Waals surface area contributed by atoms with Crippen LogP contribution in [0.1, 0.15) is 18.4 Å². The van der Waals surface area contributed by atoms with Crippen LogP contribution in [0.4, 0.5) is 0 Å². The smallest absolute Gasteiger partial charge is 0.0720 e. The van der Waals surface area contributed by atoms with Gasteiger partial charge in [-0.15, -0.1) is 12.4 Å². The number of hydrogen-bond donors (Lipinski definition) is 1. The number of nitrogens with one attached hydrogen (secondary N) is 1. The predicted molar refractivity (Wildman–Crippen MR) is 64.4 cm³/mol. The van der Waals surface area contributed by atoms with Gasteiger partial charge < -0.3 is 10.1 Å². The summed E-state index contributed by atoms with van der Waals surface area (Å²) < 4.78 is 5.83. The lowest BCUT2D eigenvalue weighted by Crippen LogP contribution is -2.32. The molecule has 84 valence electrons. The first-order valence-corrected chi connectivity index (χ1v) is 5.31. The van der Waals surface area contributed by atoms with Crippen LogP contribution in [-0.4, -0.2) is 19.2 Å². The molecule has 3 heteroatoms. The number of ether oxygens (including phenoxy) is 1. The van der Waals surface area contributed by atoms with E-state index in [-0.39, 0.29) is 12.4 Å². The Kier molecular flexibility index (Phi) is 5.69. The fourth-order valence-electron chi connectivity index (χ4n) is 1.75. The van der Waals surface area contributed by atoms with Crippen molar-refractivity contribution in [3.63, 3.8) is 0 Å². The lowest BCUT2D eigenvalue weighted by Gasteiger charge is -2.22. The van der Waals surface area contributed by atoms with Gasteiger partial charge in [-0.25, -0.2) is 0 Å². The number of benzene rings is 1. The van der Waals surface area contributed by atoms with Crippen LogP contribution in [0.5, 0.6) is 0 Å². The van der Waals surface area contributed by atoms with Crippen molar-refractivity contribution in [2.24, 2.45) is 0 Å². The van der Waals surface area contributed by atoms with Gasteiger partial charge in [0.2, 0.25) is 0 Å². The van der Waals surface area contributed by atoms with Crippen LogP contribution in [0.3, 0.4) is 0 Å². The number of halogens is 1. The lowest BCUT2D eigenvalue weighted by molar-refractivity contribution is 0.0212. The molecule has 1 heterocycles. The van der Waals surface area contributed by atoms with Gasteiger partial charge in [0.15, 0.2) is 0 Å². The maximum absolute atomic E-state index is 5.83. The quantitative estimate of drug-likeness (QED) is 0.856. The fourth-order valence-corrected chi connectivity index (χ4v) is 1.75. The summed E-state index contributed by atoms with van der Waals surface area (Å²) >= 11 is 0. The fraction of sp³-hybridized carbons (Fsp3) is 0.500. The van der Waals surface area contributed by atoms with Crippen molar-refractivity contribution >= 4 is 12.4 Å². The van der Waals surface area contributed by atoms with Crippen LogP contribution in [0.25, 0.3) is 0 Å². The van der Waals surface area contributed by atoms with E-state index in [1.807, 2.05) is 6.07 Å². The van der Waals surface area contributed by atoms with E-state index in [9.17, 15) is 0 Å². The molecule has 0 bridgehead atoms. The minimum Gasteiger partial charge on any atom is -0.373 e. The first-order valence-electron chi connectivity index (χ1n) is 5.31. The molecular formula is C12H18ClNO. The molecule has 1 saturated heterocycles. The molecule has 1 N–H and O–H groups in total. The second kappa shape index (κ2) is 6.83. The average Bonchev–Trinajstić information content (AvgIpc) is 2.29. The Morgan fingerprint density at radius 3 is 2.47 bits per heavy atom. The van der Waals surface area contributed by atoms with Gasteiger partial charge in [-0.1, -0.05) is 30.3 Å². The van der Waals surface area contributed by atoms with Gasteiger partial charge in [0.25, 0.3) is 0 Å². The van der Waals surface area contributed by atoms with Crippen molar-refractivity contribution in [2.75, 3.05) is 13.1 Å². The predicted octanol–water partition coefficient (Wildman–Crippen LogP) is 2.38. The van der Waals surface area contributed by atoms with Gasteiger partial charge in [0.1, 0.15) is 0 Å². The molecule has 1 aromatic rings. The third-order valence-corrected chi connectivity index (χ3v) is 2.61. The Hall–Kier alpha value is -0.570. The SMILES string of the molecule is Cl.c1ccc(COC2CCNCC2)cc1. The molecular weight excluding hydrogens is 210 g/mol. The highest BCUT2D eigenvalue weighted by atomic mass is 35.5. The number of hydrogen-bond acceptors (Lipinski definition) is 2. The normalized spacial score (nSPS) is 17.1. The van der Waals surface area contributed by atoms with E-state index in [2.05, 4.69) is 29.6 Å². The van der Waals surface area contributed by atoms with E-state index in [0.29, 0.717) is 6.10 Å². The number of rotatable bonds is 3. The molecule has 0 saturated carbocycles. The Morgan fingerprint density at radius 1 is 1.13 bits per heavy atom. The van der Waals surface area contributed by atoms with Crippen LogP contribution in [0, 0.1) is 0 Å². The zero-order valence-corrected chi connectivity index (χ0v) is 9.63. The van der Waals surface area contributed by atoms with Crippen molar-refractivity contribution in [3.05, 3.63) is 35.9 Å². The van der Waals surface area contributed by atoms with Gasteiger partial charge in [-0.3, -0.25) is 0 Å². The molecule has 1 aliphatic heterocycles. The standard InChI is InChI=1S/C12H17NO.ClH/c1-2-4-11(5-3-1)10-14-12-6-8-13-9-7-12;/h1-5,12-13H,6-10H2;1H. The zero-order chi connectivity index (χ0) is 9.64. The maximum atomic E-state index is 5.83. The van der Waals surface area contributed by atoms with Crippen molar-refractivity contribution in [1.82, 2.24) is 5.32 Å². The third kappa shape index (κ3) is 4.20. The Labute approximate surface area is 97.4 Å². The molecule has 0 atom stereocenters. The van der Waals surface area contributed by atoms with Crippen LogP contribution in [0.2, 0.25) is 0 Å². The van der Waals surface area contributed by atoms with E-state index in [0.717, 1.165) is 32.5 Å². The molecule has 0 amide bonds. The molecule has 0 radical (unpaired) electrons. The van der Waals surface area contributed by atoms with Crippen LogP contribution < -0.4 is 5.32 Å². The van der Waals surface area contributed by atoms with Gasteiger partial charge in [0, 0.05) is 0 Å². The topological polar surface area (TPSA) is 21.3 Å². The molecule has 0 spiro atoms.